The molecule has 0 spiro atoms. The molecular weight excluding hydrogens is 414 g/mol. The van der Waals surface area contributed by atoms with Gasteiger partial charge in [-0.15, -0.1) is 11.3 Å². The van der Waals surface area contributed by atoms with Gasteiger partial charge in [-0.1, -0.05) is 17.7 Å². The Morgan fingerprint density at radius 1 is 1.31 bits per heavy atom. The SMILES string of the molecule is COc1cc(NC(=O)C2=C(C)Nc3ncnn3C2c2cccs2)c(OC)cc1Cl. The monoisotopic (exact) mass is 431 g/mol. The number of anilines is 2. The number of benzene rings is 1. The molecule has 0 radical (unpaired) electrons. The molecule has 29 heavy (non-hydrogen) atoms. The maximum Gasteiger partial charge on any atom is 0.256 e. The molecule has 1 atom stereocenters. The number of fused-ring (bicyclic) bond motifs is 1. The number of carbonyl (C=O) groups is 1. The van der Waals surface area contributed by atoms with Crippen LogP contribution in [0.5, 0.6) is 11.5 Å². The highest BCUT2D eigenvalue weighted by atomic mass is 35.5. The van der Waals surface area contributed by atoms with Crippen LogP contribution in [0.4, 0.5) is 11.6 Å². The minimum atomic E-state index is -0.394. The molecule has 0 saturated heterocycles. The molecule has 4 rings (SSSR count). The first kappa shape index (κ1) is 19.3. The summed E-state index contributed by atoms with van der Waals surface area (Å²) in [5.41, 5.74) is 1.68. The van der Waals surface area contributed by atoms with Crippen molar-refractivity contribution < 1.29 is 14.3 Å². The first-order valence-corrected chi connectivity index (χ1v) is 9.92. The lowest BCUT2D eigenvalue weighted by molar-refractivity contribution is -0.113. The maximum atomic E-state index is 13.4. The van der Waals surface area contributed by atoms with Crippen LogP contribution < -0.4 is 20.1 Å². The van der Waals surface area contributed by atoms with Crippen molar-refractivity contribution in [2.75, 3.05) is 24.9 Å². The minimum absolute atomic E-state index is 0.294. The lowest BCUT2D eigenvalue weighted by Gasteiger charge is -2.28. The third kappa shape index (κ3) is 3.43. The zero-order valence-electron chi connectivity index (χ0n) is 15.9. The van der Waals surface area contributed by atoms with Crippen LogP contribution in [-0.2, 0) is 4.79 Å². The second-order valence-electron chi connectivity index (χ2n) is 6.25. The largest absolute Gasteiger partial charge is 0.495 e. The first-order chi connectivity index (χ1) is 14.0. The number of hydrogen-bond donors (Lipinski definition) is 2. The molecule has 0 saturated carbocycles. The number of carbonyl (C=O) groups excluding carboxylic acids is 1. The fourth-order valence-corrected chi connectivity index (χ4v) is 4.29. The molecule has 3 aromatic rings. The van der Waals surface area contributed by atoms with E-state index in [0.717, 1.165) is 4.88 Å². The smallest absolute Gasteiger partial charge is 0.256 e. The number of halogens is 1. The molecule has 150 valence electrons. The number of hydrogen-bond acceptors (Lipinski definition) is 7. The van der Waals surface area contributed by atoms with E-state index < -0.39 is 6.04 Å². The van der Waals surface area contributed by atoms with Gasteiger partial charge in [0, 0.05) is 22.7 Å². The summed E-state index contributed by atoms with van der Waals surface area (Å²) >= 11 is 7.72. The number of amides is 1. The number of nitrogens with zero attached hydrogens (tertiary/aromatic N) is 3. The molecule has 8 nitrogen and oxygen atoms in total. The zero-order chi connectivity index (χ0) is 20.5. The predicted molar refractivity (Wildman–Crippen MR) is 112 cm³/mol. The van der Waals surface area contributed by atoms with Gasteiger partial charge in [0.2, 0.25) is 5.95 Å². The average Bonchev–Trinajstić information content (AvgIpc) is 3.39. The van der Waals surface area contributed by atoms with Crippen molar-refractivity contribution in [2.24, 2.45) is 0 Å². The standard InChI is InChI=1S/C19H18ClN5O3S/c1-10-16(17(15-5-4-6-29-15)25-19(23-10)21-9-22-25)18(26)24-12-8-13(27-2)11(20)7-14(12)28-3/h4-9,17H,1-3H3,(H,24,26)(H,21,22,23). The van der Waals surface area contributed by atoms with Crippen LogP contribution in [0, 0.1) is 0 Å². The second-order valence-corrected chi connectivity index (χ2v) is 7.64. The molecule has 10 heteroatoms. The molecule has 1 unspecified atom stereocenters. The topological polar surface area (TPSA) is 90.3 Å². The molecule has 2 N–H and O–H groups in total. The van der Waals surface area contributed by atoms with Crippen LogP contribution in [0.2, 0.25) is 5.02 Å². The van der Waals surface area contributed by atoms with Gasteiger partial charge in [-0.25, -0.2) is 4.68 Å². The van der Waals surface area contributed by atoms with E-state index in [-0.39, 0.29) is 5.91 Å². The number of nitrogens with one attached hydrogen (secondary N) is 2. The van der Waals surface area contributed by atoms with E-state index in [4.69, 9.17) is 21.1 Å². The van der Waals surface area contributed by atoms with Gasteiger partial charge in [0.05, 0.1) is 30.5 Å². The van der Waals surface area contributed by atoms with E-state index in [1.807, 2.05) is 24.4 Å². The molecule has 1 amide bonds. The van der Waals surface area contributed by atoms with Gasteiger partial charge in [0.25, 0.3) is 5.91 Å². The van der Waals surface area contributed by atoms with E-state index in [2.05, 4.69) is 20.7 Å². The number of methoxy groups -OCH3 is 2. The van der Waals surface area contributed by atoms with Crippen molar-refractivity contribution >= 4 is 40.5 Å². The van der Waals surface area contributed by atoms with E-state index in [0.29, 0.717) is 39.4 Å². The lowest BCUT2D eigenvalue weighted by atomic mass is 10.0. The summed E-state index contributed by atoms with van der Waals surface area (Å²) in [4.78, 5) is 18.6. The Labute approximate surface area is 176 Å². The minimum Gasteiger partial charge on any atom is -0.495 e. The number of allylic oxidation sites excluding steroid dienone is 1. The molecule has 1 aromatic carbocycles. The third-order valence-corrected chi connectivity index (χ3v) is 5.79. The van der Waals surface area contributed by atoms with E-state index in [1.54, 1.807) is 28.2 Å². The third-order valence-electron chi connectivity index (χ3n) is 4.57. The Kier molecular flexibility index (Phi) is 5.16. The molecule has 1 aliphatic rings. The van der Waals surface area contributed by atoms with Crippen LogP contribution >= 0.6 is 22.9 Å². The summed E-state index contributed by atoms with van der Waals surface area (Å²) in [7, 11) is 3.02. The molecule has 2 aromatic heterocycles. The molecule has 0 aliphatic carbocycles. The van der Waals surface area contributed by atoms with Crippen molar-refractivity contribution in [3.05, 3.63) is 57.1 Å². The first-order valence-electron chi connectivity index (χ1n) is 8.67. The molecule has 0 bridgehead atoms. The Hall–Kier alpha value is -3.04. The quantitative estimate of drug-likeness (QED) is 0.636. The summed E-state index contributed by atoms with van der Waals surface area (Å²) < 4.78 is 12.3. The number of rotatable bonds is 5. The van der Waals surface area contributed by atoms with Crippen LogP contribution in [0.3, 0.4) is 0 Å². The van der Waals surface area contributed by atoms with Gasteiger partial charge < -0.3 is 20.1 Å². The van der Waals surface area contributed by atoms with E-state index in [1.165, 1.54) is 20.5 Å². The molecule has 1 aliphatic heterocycles. The molecular formula is C19H18ClN5O3S. The Bertz CT molecular complexity index is 1090. The van der Waals surface area contributed by atoms with Gasteiger partial charge in [0.15, 0.2) is 0 Å². The van der Waals surface area contributed by atoms with Gasteiger partial charge in [-0.05, 0) is 18.4 Å². The van der Waals surface area contributed by atoms with Crippen molar-refractivity contribution in [1.29, 1.82) is 0 Å². The highest BCUT2D eigenvalue weighted by Crippen LogP contribution is 2.39. The van der Waals surface area contributed by atoms with Gasteiger partial charge in [0.1, 0.15) is 23.9 Å². The lowest BCUT2D eigenvalue weighted by Crippen LogP contribution is -2.31. The Morgan fingerprint density at radius 3 is 2.79 bits per heavy atom. The second kappa shape index (κ2) is 7.76. The van der Waals surface area contributed by atoms with E-state index in [9.17, 15) is 4.79 Å². The number of ether oxygens (including phenoxy) is 2. The summed E-state index contributed by atoms with van der Waals surface area (Å²) in [6.07, 6.45) is 1.46. The number of thiophene rings is 1. The molecule has 0 fully saturated rings. The van der Waals surface area contributed by atoms with Crippen molar-refractivity contribution in [1.82, 2.24) is 14.8 Å². The zero-order valence-corrected chi connectivity index (χ0v) is 17.5. The van der Waals surface area contributed by atoms with Crippen LogP contribution in [-0.4, -0.2) is 34.9 Å². The fourth-order valence-electron chi connectivity index (χ4n) is 3.24. The summed E-state index contributed by atoms with van der Waals surface area (Å²) in [5, 5.41) is 12.7. The summed E-state index contributed by atoms with van der Waals surface area (Å²) in [6, 6.07) is 6.75. The van der Waals surface area contributed by atoms with Crippen molar-refractivity contribution in [3.63, 3.8) is 0 Å². The van der Waals surface area contributed by atoms with Crippen LogP contribution in [0.15, 0.2) is 47.2 Å². The summed E-state index contributed by atoms with van der Waals surface area (Å²) in [5.74, 6) is 1.16. The van der Waals surface area contributed by atoms with Crippen molar-refractivity contribution in [3.8, 4) is 11.5 Å². The van der Waals surface area contributed by atoms with Crippen LogP contribution in [0.1, 0.15) is 17.8 Å². The Morgan fingerprint density at radius 2 is 2.10 bits per heavy atom. The van der Waals surface area contributed by atoms with Gasteiger partial charge in [-0.2, -0.15) is 10.1 Å². The predicted octanol–water partition coefficient (Wildman–Crippen LogP) is 3.94. The highest BCUT2D eigenvalue weighted by Gasteiger charge is 2.34. The van der Waals surface area contributed by atoms with Gasteiger partial charge >= 0.3 is 0 Å². The molecule has 3 heterocycles. The van der Waals surface area contributed by atoms with Gasteiger partial charge in [-0.3, -0.25) is 4.79 Å². The Balaban J connectivity index is 1.74. The van der Waals surface area contributed by atoms with E-state index >= 15 is 0 Å². The summed E-state index contributed by atoms with van der Waals surface area (Å²) in [6.45, 7) is 1.84. The maximum absolute atomic E-state index is 13.4. The highest BCUT2D eigenvalue weighted by molar-refractivity contribution is 7.10. The number of aromatic nitrogens is 3. The fraction of sp³-hybridized carbons (Fsp3) is 0.211. The van der Waals surface area contributed by atoms with Crippen molar-refractivity contribution in [2.45, 2.75) is 13.0 Å². The average molecular weight is 432 g/mol. The normalized spacial score (nSPS) is 15.5. The van der Waals surface area contributed by atoms with Crippen LogP contribution in [0.25, 0.3) is 0 Å².